The summed E-state index contributed by atoms with van der Waals surface area (Å²) in [6.07, 6.45) is 6.87. The van der Waals surface area contributed by atoms with Crippen LogP contribution in [0.1, 0.15) is 16.1 Å². The molecular formula is C14H9BrN2O. The van der Waals surface area contributed by atoms with E-state index in [2.05, 4.69) is 32.2 Å². The van der Waals surface area contributed by atoms with Crippen LogP contribution in [0, 0.1) is 12.3 Å². The van der Waals surface area contributed by atoms with Crippen LogP contribution in [-0.4, -0.2) is 10.9 Å². The van der Waals surface area contributed by atoms with E-state index in [1.807, 2.05) is 0 Å². The molecule has 2 aromatic rings. The van der Waals surface area contributed by atoms with Crippen LogP contribution >= 0.6 is 15.9 Å². The Balaban J connectivity index is 2.16. The fourth-order valence-electron chi connectivity index (χ4n) is 1.39. The van der Waals surface area contributed by atoms with Crippen LogP contribution in [-0.2, 0) is 0 Å². The van der Waals surface area contributed by atoms with Gasteiger partial charge in [0.2, 0.25) is 0 Å². The number of pyridine rings is 1. The van der Waals surface area contributed by atoms with E-state index in [1.54, 1.807) is 42.6 Å². The van der Waals surface area contributed by atoms with Crippen LogP contribution in [0.25, 0.3) is 0 Å². The zero-order chi connectivity index (χ0) is 13.0. The molecular weight excluding hydrogens is 292 g/mol. The summed E-state index contributed by atoms with van der Waals surface area (Å²) in [5, 5.41) is 2.74. The number of amides is 1. The number of nitrogens with zero attached hydrogens (tertiary/aromatic N) is 1. The molecule has 0 saturated carbocycles. The second-order valence-electron chi connectivity index (χ2n) is 3.54. The largest absolute Gasteiger partial charge is 0.321 e. The number of benzene rings is 1. The molecule has 1 heterocycles. The summed E-state index contributed by atoms with van der Waals surface area (Å²) in [5.74, 6) is 2.25. The molecule has 1 N–H and O–H groups in total. The van der Waals surface area contributed by atoms with Crippen LogP contribution in [0.15, 0.2) is 47.1 Å². The topological polar surface area (TPSA) is 42.0 Å². The van der Waals surface area contributed by atoms with Gasteiger partial charge < -0.3 is 5.32 Å². The van der Waals surface area contributed by atoms with Crippen molar-refractivity contribution in [3.8, 4) is 12.3 Å². The monoisotopic (exact) mass is 300 g/mol. The number of terminal acetylenes is 1. The van der Waals surface area contributed by atoms with Gasteiger partial charge in [-0.15, -0.1) is 6.42 Å². The van der Waals surface area contributed by atoms with Gasteiger partial charge in [-0.3, -0.25) is 4.79 Å². The normalized spacial score (nSPS) is 9.56. The maximum atomic E-state index is 11.9. The fourth-order valence-corrected chi connectivity index (χ4v) is 1.63. The average molecular weight is 301 g/mol. The number of aromatic nitrogens is 1. The Kier molecular flexibility index (Phi) is 3.75. The maximum Gasteiger partial charge on any atom is 0.274 e. The SMILES string of the molecule is C#Cc1cccc(NC(=O)c2ccc(Br)cn2)c1. The van der Waals surface area contributed by atoms with Gasteiger partial charge in [-0.05, 0) is 46.3 Å². The van der Waals surface area contributed by atoms with Crippen molar-refractivity contribution in [3.63, 3.8) is 0 Å². The number of rotatable bonds is 2. The number of anilines is 1. The molecule has 3 nitrogen and oxygen atoms in total. The summed E-state index contributed by atoms with van der Waals surface area (Å²) in [6, 6.07) is 10.5. The molecule has 1 aromatic heterocycles. The van der Waals surface area contributed by atoms with Gasteiger partial charge in [0.25, 0.3) is 5.91 Å². The van der Waals surface area contributed by atoms with E-state index in [0.29, 0.717) is 11.4 Å². The van der Waals surface area contributed by atoms with Gasteiger partial charge in [0.15, 0.2) is 0 Å². The first kappa shape index (κ1) is 12.3. The zero-order valence-electron chi connectivity index (χ0n) is 9.35. The Morgan fingerprint density at radius 3 is 2.83 bits per heavy atom. The molecule has 0 unspecified atom stereocenters. The Bertz CT molecular complexity index is 614. The summed E-state index contributed by atoms with van der Waals surface area (Å²) in [4.78, 5) is 15.9. The molecule has 88 valence electrons. The quantitative estimate of drug-likeness (QED) is 0.866. The number of carbonyl (C=O) groups is 1. The Labute approximate surface area is 113 Å². The highest BCUT2D eigenvalue weighted by Crippen LogP contribution is 2.12. The highest BCUT2D eigenvalue weighted by Gasteiger charge is 2.07. The van der Waals surface area contributed by atoms with Crippen molar-refractivity contribution in [2.24, 2.45) is 0 Å². The number of carbonyl (C=O) groups excluding carboxylic acids is 1. The maximum absolute atomic E-state index is 11.9. The second kappa shape index (κ2) is 5.48. The highest BCUT2D eigenvalue weighted by molar-refractivity contribution is 9.10. The molecule has 0 bridgehead atoms. The third kappa shape index (κ3) is 2.96. The van der Waals surface area contributed by atoms with Crippen molar-refractivity contribution < 1.29 is 4.79 Å². The molecule has 0 aliphatic carbocycles. The fraction of sp³-hybridized carbons (Fsp3) is 0. The Hall–Kier alpha value is -2.12. The van der Waals surface area contributed by atoms with E-state index in [-0.39, 0.29) is 5.91 Å². The van der Waals surface area contributed by atoms with Crippen molar-refractivity contribution in [3.05, 3.63) is 58.3 Å². The first-order chi connectivity index (χ1) is 8.69. The number of nitrogens with one attached hydrogen (secondary N) is 1. The summed E-state index contributed by atoms with van der Waals surface area (Å²) in [6.45, 7) is 0. The lowest BCUT2D eigenvalue weighted by atomic mass is 10.2. The van der Waals surface area contributed by atoms with Crippen LogP contribution in [0.3, 0.4) is 0 Å². The highest BCUT2D eigenvalue weighted by atomic mass is 79.9. The lowest BCUT2D eigenvalue weighted by molar-refractivity contribution is 0.102. The molecule has 0 atom stereocenters. The molecule has 0 fully saturated rings. The third-order valence-electron chi connectivity index (χ3n) is 2.25. The van der Waals surface area contributed by atoms with E-state index in [4.69, 9.17) is 6.42 Å². The molecule has 1 amide bonds. The number of halogens is 1. The van der Waals surface area contributed by atoms with Crippen LogP contribution in [0.2, 0.25) is 0 Å². The smallest absolute Gasteiger partial charge is 0.274 e. The standard InChI is InChI=1S/C14H9BrN2O/c1-2-10-4-3-5-12(8-10)17-14(18)13-7-6-11(15)9-16-13/h1,3-9H,(H,17,18). The van der Waals surface area contributed by atoms with Gasteiger partial charge in [-0.1, -0.05) is 12.0 Å². The van der Waals surface area contributed by atoms with Gasteiger partial charge >= 0.3 is 0 Å². The van der Waals surface area contributed by atoms with E-state index in [9.17, 15) is 4.79 Å². The van der Waals surface area contributed by atoms with E-state index < -0.39 is 0 Å². The summed E-state index contributed by atoms with van der Waals surface area (Å²) < 4.78 is 0.827. The molecule has 0 spiro atoms. The van der Waals surface area contributed by atoms with Crippen molar-refractivity contribution in [1.82, 2.24) is 4.98 Å². The van der Waals surface area contributed by atoms with Gasteiger partial charge in [0, 0.05) is 21.9 Å². The van der Waals surface area contributed by atoms with Crippen molar-refractivity contribution in [2.75, 3.05) is 5.32 Å². The molecule has 0 saturated heterocycles. The predicted octanol–water partition coefficient (Wildman–Crippen LogP) is 3.08. The Morgan fingerprint density at radius 1 is 1.33 bits per heavy atom. The second-order valence-corrected chi connectivity index (χ2v) is 4.46. The van der Waals surface area contributed by atoms with Gasteiger partial charge in [-0.2, -0.15) is 0 Å². The number of hydrogen-bond donors (Lipinski definition) is 1. The van der Waals surface area contributed by atoms with Gasteiger partial charge in [0.05, 0.1) is 0 Å². The van der Waals surface area contributed by atoms with Crippen molar-refractivity contribution in [2.45, 2.75) is 0 Å². The summed E-state index contributed by atoms with van der Waals surface area (Å²) in [5.41, 5.74) is 1.72. The van der Waals surface area contributed by atoms with Crippen LogP contribution in [0.4, 0.5) is 5.69 Å². The lowest BCUT2D eigenvalue weighted by Gasteiger charge is -2.05. The molecule has 2 rings (SSSR count). The predicted molar refractivity (Wildman–Crippen MR) is 74.3 cm³/mol. The molecule has 4 heteroatoms. The van der Waals surface area contributed by atoms with E-state index >= 15 is 0 Å². The molecule has 18 heavy (non-hydrogen) atoms. The van der Waals surface area contributed by atoms with E-state index in [1.165, 1.54) is 0 Å². The third-order valence-corrected chi connectivity index (χ3v) is 2.72. The zero-order valence-corrected chi connectivity index (χ0v) is 10.9. The van der Waals surface area contributed by atoms with Gasteiger partial charge in [-0.25, -0.2) is 4.98 Å². The van der Waals surface area contributed by atoms with Crippen LogP contribution < -0.4 is 5.32 Å². The van der Waals surface area contributed by atoms with Crippen LogP contribution in [0.5, 0.6) is 0 Å². The minimum Gasteiger partial charge on any atom is -0.321 e. The summed E-state index contributed by atoms with van der Waals surface area (Å²) in [7, 11) is 0. The first-order valence-electron chi connectivity index (χ1n) is 5.18. The first-order valence-corrected chi connectivity index (χ1v) is 5.98. The van der Waals surface area contributed by atoms with Crippen molar-refractivity contribution in [1.29, 1.82) is 0 Å². The van der Waals surface area contributed by atoms with E-state index in [0.717, 1.165) is 10.0 Å². The Morgan fingerprint density at radius 2 is 2.17 bits per heavy atom. The molecule has 0 radical (unpaired) electrons. The van der Waals surface area contributed by atoms with Gasteiger partial charge in [0.1, 0.15) is 5.69 Å². The molecule has 0 aliphatic heterocycles. The number of hydrogen-bond acceptors (Lipinski definition) is 2. The minimum absolute atomic E-state index is 0.267. The summed E-state index contributed by atoms with van der Waals surface area (Å²) >= 11 is 3.26. The molecule has 1 aromatic carbocycles. The lowest BCUT2D eigenvalue weighted by Crippen LogP contribution is -2.13. The van der Waals surface area contributed by atoms with Crippen molar-refractivity contribution >= 4 is 27.5 Å². The minimum atomic E-state index is -0.267. The molecule has 0 aliphatic rings. The average Bonchev–Trinajstić information content (AvgIpc) is 2.39.